The van der Waals surface area contributed by atoms with E-state index in [0.717, 1.165) is 10.5 Å². The molecule has 6 nitrogen and oxygen atoms in total. The summed E-state index contributed by atoms with van der Waals surface area (Å²) in [4.78, 5) is 25.3. The standard InChI is InChI=1S/C14H15N3O3/c1-14(9-20-2)12(18)17(13(19)16-14)8-11-5-3-10(7-15)4-6-11/h3-6H,8-9H2,1-2H3,(H,16,19)/t14-/m0/s1. The molecule has 1 saturated heterocycles. The van der Waals surface area contributed by atoms with Gasteiger partial charge in [-0.15, -0.1) is 0 Å². The van der Waals surface area contributed by atoms with Gasteiger partial charge in [0, 0.05) is 7.11 Å². The molecule has 0 spiro atoms. The largest absolute Gasteiger partial charge is 0.382 e. The quantitative estimate of drug-likeness (QED) is 0.830. The Kier molecular flexibility index (Phi) is 3.72. The summed E-state index contributed by atoms with van der Waals surface area (Å²) in [5.74, 6) is -0.311. The molecule has 0 saturated carbocycles. The summed E-state index contributed by atoms with van der Waals surface area (Å²) in [6.07, 6.45) is 0. The Balaban J connectivity index is 2.15. The van der Waals surface area contributed by atoms with Crippen LogP contribution in [0.3, 0.4) is 0 Å². The van der Waals surface area contributed by atoms with Crippen LogP contribution in [0.25, 0.3) is 0 Å². The second-order valence-corrected chi connectivity index (χ2v) is 4.90. The molecule has 0 radical (unpaired) electrons. The Hall–Kier alpha value is -2.39. The highest BCUT2D eigenvalue weighted by Crippen LogP contribution is 2.20. The van der Waals surface area contributed by atoms with E-state index in [0.29, 0.717) is 5.56 Å². The van der Waals surface area contributed by atoms with Crippen LogP contribution in [-0.2, 0) is 16.1 Å². The Bertz CT molecular complexity index is 576. The van der Waals surface area contributed by atoms with E-state index in [1.807, 2.05) is 6.07 Å². The first-order valence-electron chi connectivity index (χ1n) is 6.12. The number of amides is 3. The van der Waals surface area contributed by atoms with Crippen molar-refractivity contribution in [2.45, 2.75) is 19.0 Å². The number of carbonyl (C=O) groups is 2. The molecule has 0 aliphatic carbocycles. The fourth-order valence-electron chi connectivity index (χ4n) is 2.14. The zero-order valence-electron chi connectivity index (χ0n) is 11.3. The van der Waals surface area contributed by atoms with Crippen molar-refractivity contribution in [1.29, 1.82) is 5.26 Å². The smallest absolute Gasteiger partial charge is 0.325 e. The fraction of sp³-hybridized carbons (Fsp3) is 0.357. The van der Waals surface area contributed by atoms with Gasteiger partial charge in [0.2, 0.25) is 0 Å². The zero-order valence-corrected chi connectivity index (χ0v) is 11.3. The Labute approximate surface area is 116 Å². The summed E-state index contributed by atoms with van der Waals surface area (Å²) in [7, 11) is 1.48. The monoisotopic (exact) mass is 273 g/mol. The summed E-state index contributed by atoms with van der Waals surface area (Å²) >= 11 is 0. The van der Waals surface area contributed by atoms with Crippen LogP contribution in [-0.4, -0.2) is 36.1 Å². The number of benzene rings is 1. The van der Waals surface area contributed by atoms with Crippen molar-refractivity contribution in [3.05, 3.63) is 35.4 Å². The number of carbonyl (C=O) groups excluding carboxylic acids is 2. The van der Waals surface area contributed by atoms with Crippen molar-refractivity contribution < 1.29 is 14.3 Å². The summed E-state index contributed by atoms with van der Waals surface area (Å²) in [6, 6.07) is 8.35. The van der Waals surface area contributed by atoms with Crippen LogP contribution in [0.2, 0.25) is 0 Å². The first-order valence-corrected chi connectivity index (χ1v) is 6.12. The fourth-order valence-corrected chi connectivity index (χ4v) is 2.14. The van der Waals surface area contributed by atoms with Crippen molar-refractivity contribution in [2.75, 3.05) is 13.7 Å². The van der Waals surface area contributed by atoms with Crippen molar-refractivity contribution in [1.82, 2.24) is 10.2 Å². The molecule has 2 rings (SSSR count). The molecule has 1 aliphatic rings. The van der Waals surface area contributed by atoms with E-state index < -0.39 is 11.6 Å². The summed E-state index contributed by atoms with van der Waals surface area (Å²) < 4.78 is 4.98. The van der Waals surface area contributed by atoms with E-state index >= 15 is 0 Å². The highest BCUT2D eigenvalue weighted by atomic mass is 16.5. The molecule has 3 amide bonds. The Morgan fingerprint density at radius 3 is 2.55 bits per heavy atom. The van der Waals surface area contributed by atoms with Gasteiger partial charge >= 0.3 is 6.03 Å². The molecule has 1 aromatic rings. The number of nitrogens with zero attached hydrogens (tertiary/aromatic N) is 2. The number of nitrogens with one attached hydrogen (secondary N) is 1. The molecule has 1 aliphatic heterocycles. The third-order valence-electron chi connectivity index (χ3n) is 3.20. The van der Waals surface area contributed by atoms with E-state index in [9.17, 15) is 9.59 Å². The Morgan fingerprint density at radius 1 is 1.35 bits per heavy atom. The maximum absolute atomic E-state index is 12.3. The third-order valence-corrected chi connectivity index (χ3v) is 3.20. The van der Waals surface area contributed by atoms with Crippen LogP contribution in [0.5, 0.6) is 0 Å². The number of rotatable bonds is 4. The number of ether oxygens (including phenoxy) is 1. The minimum Gasteiger partial charge on any atom is -0.382 e. The van der Waals surface area contributed by atoms with E-state index in [4.69, 9.17) is 10.00 Å². The van der Waals surface area contributed by atoms with Crippen LogP contribution in [0.4, 0.5) is 4.79 Å². The van der Waals surface area contributed by atoms with Crippen LogP contribution in [0, 0.1) is 11.3 Å². The van der Waals surface area contributed by atoms with Crippen LogP contribution < -0.4 is 5.32 Å². The number of imide groups is 1. The van der Waals surface area contributed by atoms with Gasteiger partial charge in [-0.3, -0.25) is 9.69 Å². The molecule has 1 fully saturated rings. The predicted octanol–water partition coefficient (Wildman–Crippen LogP) is 1.02. The van der Waals surface area contributed by atoms with Gasteiger partial charge in [-0.1, -0.05) is 12.1 Å². The average Bonchev–Trinajstić information content (AvgIpc) is 2.64. The molecule has 20 heavy (non-hydrogen) atoms. The van der Waals surface area contributed by atoms with Gasteiger partial charge in [0.15, 0.2) is 0 Å². The van der Waals surface area contributed by atoms with Crippen molar-refractivity contribution >= 4 is 11.9 Å². The second-order valence-electron chi connectivity index (χ2n) is 4.90. The molecule has 1 aromatic carbocycles. The first kappa shape index (κ1) is 14.0. The van der Waals surface area contributed by atoms with E-state index in [2.05, 4.69) is 5.32 Å². The molecular weight excluding hydrogens is 258 g/mol. The molecule has 1 heterocycles. The minimum absolute atomic E-state index is 0.126. The zero-order chi connectivity index (χ0) is 14.8. The predicted molar refractivity (Wildman–Crippen MR) is 70.5 cm³/mol. The average molecular weight is 273 g/mol. The molecule has 0 unspecified atom stereocenters. The molecule has 104 valence electrons. The SMILES string of the molecule is COC[C@]1(C)NC(=O)N(Cc2ccc(C#N)cc2)C1=O. The maximum atomic E-state index is 12.3. The number of hydrogen-bond acceptors (Lipinski definition) is 4. The van der Waals surface area contributed by atoms with Gasteiger partial charge in [0.25, 0.3) is 5.91 Å². The molecule has 0 bridgehead atoms. The summed E-state index contributed by atoms with van der Waals surface area (Å²) in [5.41, 5.74) is 0.308. The normalized spacial score (nSPS) is 21.8. The van der Waals surface area contributed by atoms with Gasteiger partial charge in [-0.05, 0) is 24.6 Å². The number of urea groups is 1. The lowest BCUT2D eigenvalue weighted by Crippen LogP contribution is -2.47. The molecule has 6 heteroatoms. The maximum Gasteiger partial charge on any atom is 0.325 e. The summed E-state index contributed by atoms with van der Waals surface area (Å²) in [5, 5.41) is 11.4. The van der Waals surface area contributed by atoms with Crippen molar-refractivity contribution in [2.24, 2.45) is 0 Å². The van der Waals surface area contributed by atoms with E-state index in [1.54, 1.807) is 31.2 Å². The Morgan fingerprint density at radius 2 is 2.00 bits per heavy atom. The highest BCUT2D eigenvalue weighted by Gasteiger charge is 2.47. The van der Waals surface area contributed by atoms with Crippen LogP contribution in [0.1, 0.15) is 18.1 Å². The summed E-state index contributed by atoms with van der Waals surface area (Å²) in [6.45, 7) is 1.94. The topological polar surface area (TPSA) is 82.4 Å². The van der Waals surface area contributed by atoms with Gasteiger partial charge in [-0.25, -0.2) is 4.79 Å². The molecule has 0 aromatic heterocycles. The number of methoxy groups -OCH3 is 1. The minimum atomic E-state index is -1.02. The number of nitriles is 1. The van der Waals surface area contributed by atoms with Crippen molar-refractivity contribution in [3.63, 3.8) is 0 Å². The molecule has 1 atom stereocenters. The molecule has 1 N–H and O–H groups in total. The first-order chi connectivity index (χ1) is 9.50. The van der Waals surface area contributed by atoms with E-state index in [1.165, 1.54) is 7.11 Å². The van der Waals surface area contributed by atoms with Gasteiger partial charge in [0.05, 0.1) is 24.8 Å². The second kappa shape index (κ2) is 5.31. The highest BCUT2D eigenvalue weighted by molar-refractivity contribution is 6.06. The lowest BCUT2D eigenvalue weighted by atomic mass is 10.0. The van der Waals surface area contributed by atoms with Crippen molar-refractivity contribution in [3.8, 4) is 6.07 Å². The van der Waals surface area contributed by atoms with Crippen LogP contribution in [0.15, 0.2) is 24.3 Å². The lowest BCUT2D eigenvalue weighted by molar-refractivity contribution is -0.132. The van der Waals surface area contributed by atoms with Gasteiger partial charge in [-0.2, -0.15) is 5.26 Å². The number of hydrogen-bond donors (Lipinski definition) is 1. The molecular formula is C14H15N3O3. The van der Waals surface area contributed by atoms with E-state index in [-0.39, 0.29) is 19.1 Å². The third kappa shape index (κ3) is 2.49. The van der Waals surface area contributed by atoms with Gasteiger partial charge < -0.3 is 10.1 Å². The van der Waals surface area contributed by atoms with Crippen LogP contribution >= 0.6 is 0 Å². The van der Waals surface area contributed by atoms with Gasteiger partial charge in [0.1, 0.15) is 5.54 Å². The lowest BCUT2D eigenvalue weighted by Gasteiger charge is -2.20.